The van der Waals surface area contributed by atoms with Gasteiger partial charge in [-0.2, -0.15) is 15.8 Å². The molecule has 0 unspecified atom stereocenters. The smallest absolute Gasteiger partial charge is 0.191 e. The minimum Gasteiger partial charge on any atom is -0.489 e. The second kappa shape index (κ2) is 9.38. The number of hydrogen-bond donors (Lipinski definition) is 1. The van der Waals surface area contributed by atoms with Gasteiger partial charge in [0.2, 0.25) is 0 Å². The molecule has 4 rings (SSSR count). The minimum absolute atomic E-state index is 0.0713. The average molecular weight is 513 g/mol. The standard InChI is InChI=1S/C28H25BrN4O/c1-17-11-18(2)24(12-19(17)14-34-21-9-7-20(29)8-10-21)26-23-6-4-3-5-22(23)25(13-30)27(33)28(26,15-31)16-32/h5,7-12,23,26H,3-4,6,14,33H2,1-2H3/t23-,26+/m0/s1. The zero-order valence-electron chi connectivity index (χ0n) is 19.2. The number of benzene rings is 2. The number of allylic oxidation sites excluding steroid dienone is 4. The highest BCUT2D eigenvalue weighted by Gasteiger charge is 2.54. The molecule has 2 aromatic rings. The molecule has 2 aliphatic carbocycles. The Morgan fingerprint density at radius 1 is 1.09 bits per heavy atom. The van der Waals surface area contributed by atoms with Crippen LogP contribution in [0.2, 0.25) is 0 Å². The molecule has 0 heterocycles. The molecule has 0 saturated carbocycles. The molecule has 0 aliphatic heterocycles. The molecule has 2 N–H and O–H groups in total. The molecule has 2 aromatic carbocycles. The molecule has 2 atom stereocenters. The van der Waals surface area contributed by atoms with Gasteiger partial charge in [0.1, 0.15) is 18.4 Å². The van der Waals surface area contributed by atoms with Gasteiger partial charge < -0.3 is 10.5 Å². The molecule has 0 spiro atoms. The Bertz CT molecular complexity index is 1300. The first-order valence-corrected chi connectivity index (χ1v) is 12.1. The van der Waals surface area contributed by atoms with Crippen molar-refractivity contribution in [3.8, 4) is 24.0 Å². The second-order valence-corrected chi connectivity index (χ2v) is 9.90. The van der Waals surface area contributed by atoms with E-state index in [4.69, 9.17) is 10.5 Å². The van der Waals surface area contributed by atoms with Crippen LogP contribution < -0.4 is 10.5 Å². The fourth-order valence-corrected chi connectivity index (χ4v) is 5.58. The number of ether oxygens (including phenoxy) is 1. The fourth-order valence-electron chi connectivity index (χ4n) is 5.32. The van der Waals surface area contributed by atoms with Crippen LogP contribution in [-0.2, 0) is 6.61 Å². The molecule has 0 amide bonds. The topological polar surface area (TPSA) is 107 Å². The highest BCUT2D eigenvalue weighted by Crippen LogP contribution is 2.56. The van der Waals surface area contributed by atoms with E-state index >= 15 is 0 Å². The number of halogens is 1. The van der Waals surface area contributed by atoms with E-state index in [0.29, 0.717) is 12.2 Å². The Balaban J connectivity index is 1.83. The highest BCUT2D eigenvalue weighted by molar-refractivity contribution is 9.10. The number of hydrogen-bond acceptors (Lipinski definition) is 5. The summed E-state index contributed by atoms with van der Waals surface area (Å²) in [6.07, 6.45) is 4.67. The van der Waals surface area contributed by atoms with Crippen molar-refractivity contribution in [2.24, 2.45) is 17.1 Å². The summed E-state index contributed by atoms with van der Waals surface area (Å²) < 4.78 is 7.02. The van der Waals surface area contributed by atoms with Crippen LogP contribution in [0.3, 0.4) is 0 Å². The Morgan fingerprint density at radius 2 is 1.79 bits per heavy atom. The van der Waals surface area contributed by atoms with Gasteiger partial charge in [0.05, 0.1) is 23.4 Å². The Labute approximate surface area is 208 Å². The lowest BCUT2D eigenvalue weighted by Gasteiger charge is -2.44. The van der Waals surface area contributed by atoms with Gasteiger partial charge in [0.25, 0.3) is 0 Å². The van der Waals surface area contributed by atoms with Gasteiger partial charge in [0.15, 0.2) is 5.41 Å². The van der Waals surface area contributed by atoms with E-state index < -0.39 is 11.3 Å². The first-order chi connectivity index (χ1) is 16.4. The molecule has 34 heavy (non-hydrogen) atoms. The van der Waals surface area contributed by atoms with E-state index in [1.165, 1.54) is 0 Å². The van der Waals surface area contributed by atoms with Crippen LogP contribution in [0.25, 0.3) is 0 Å². The van der Waals surface area contributed by atoms with Gasteiger partial charge in [-0.15, -0.1) is 0 Å². The highest BCUT2D eigenvalue weighted by atomic mass is 79.9. The average Bonchev–Trinajstić information content (AvgIpc) is 2.84. The summed E-state index contributed by atoms with van der Waals surface area (Å²) in [4.78, 5) is 0. The van der Waals surface area contributed by atoms with E-state index in [-0.39, 0.29) is 11.6 Å². The molecule has 0 saturated heterocycles. The maximum Gasteiger partial charge on any atom is 0.191 e. The van der Waals surface area contributed by atoms with Crippen LogP contribution in [0.5, 0.6) is 5.75 Å². The quantitative estimate of drug-likeness (QED) is 0.521. The normalized spacial score (nSPS) is 20.9. The van der Waals surface area contributed by atoms with E-state index in [1.54, 1.807) is 0 Å². The molecular formula is C28H25BrN4O. The van der Waals surface area contributed by atoms with Crippen LogP contribution in [0.4, 0.5) is 0 Å². The van der Waals surface area contributed by atoms with Gasteiger partial charge >= 0.3 is 0 Å². The maximum atomic E-state index is 10.3. The monoisotopic (exact) mass is 512 g/mol. The lowest BCUT2D eigenvalue weighted by atomic mass is 9.56. The Kier molecular flexibility index (Phi) is 6.52. The van der Waals surface area contributed by atoms with E-state index in [2.05, 4.69) is 52.3 Å². The van der Waals surface area contributed by atoms with E-state index in [1.807, 2.05) is 38.1 Å². The van der Waals surface area contributed by atoms with Crippen molar-refractivity contribution in [1.82, 2.24) is 0 Å². The number of nitriles is 3. The summed E-state index contributed by atoms with van der Waals surface area (Å²) in [6, 6.07) is 18.5. The largest absolute Gasteiger partial charge is 0.489 e. The lowest BCUT2D eigenvalue weighted by molar-refractivity contribution is 0.302. The van der Waals surface area contributed by atoms with Crippen LogP contribution in [-0.4, -0.2) is 0 Å². The summed E-state index contributed by atoms with van der Waals surface area (Å²) in [5.41, 5.74) is 10.1. The van der Waals surface area contributed by atoms with Crippen LogP contribution >= 0.6 is 15.9 Å². The molecule has 5 nitrogen and oxygen atoms in total. The zero-order chi connectivity index (χ0) is 24.5. The Hall–Kier alpha value is -3.53. The summed E-state index contributed by atoms with van der Waals surface area (Å²) in [5, 5.41) is 30.4. The molecule has 170 valence electrons. The zero-order valence-corrected chi connectivity index (χ0v) is 20.8. The third-order valence-corrected chi connectivity index (χ3v) is 7.60. The van der Waals surface area contributed by atoms with Crippen molar-refractivity contribution in [1.29, 1.82) is 15.8 Å². The third-order valence-electron chi connectivity index (χ3n) is 7.07. The summed E-state index contributed by atoms with van der Waals surface area (Å²) in [6.45, 7) is 4.41. The van der Waals surface area contributed by atoms with Crippen molar-refractivity contribution >= 4 is 15.9 Å². The van der Waals surface area contributed by atoms with Crippen molar-refractivity contribution in [3.05, 3.63) is 86.0 Å². The summed E-state index contributed by atoms with van der Waals surface area (Å²) in [7, 11) is 0. The Morgan fingerprint density at radius 3 is 2.44 bits per heavy atom. The molecule has 6 heteroatoms. The van der Waals surface area contributed by atoms with Crippen LogP contribution in [0.15, 0.2) is 63.8 Å². The minimum atomic E-state index is -1.60. The van der Waals surface area contributed by atoms with Gasteiger partial charge in [-0.1, -0.05) is 34.1 Å². The van der Waals surface area contributed by atoms with Crippen molar-refractivity contribution in [2.75, 3.05) is 0 Å². The summed E-state index contributed by atoms with van der Waals surface area (Å²) >= 11 is 3.43. The molecule has 0 radical (unpaired) electrons. The predicted octanol–water partition coefficient (Wildman–Crippen LogP) is 6.24. The first kappa shape index (κ1) is 23.6. The van der Waals surface area contributed by atoms with Gasteiger partial charge in [-0.05, 0) is 91.1 Å². The van der Waals surface area contributed by atoms with Crippen molar-refractivity contribution in [3.63, 3.8) is 0 Å². The SMILES string of the molecule is Cc1cc(C)c([C@H]2[C@H]3CCCC=C3C(C#N)=C(N)C2(C#N)C#N)cc1COc1ccc(Br)cc1. The van der Waals surface area contributed by atoms with Gasteiger partial charge in [-0.25, -0.2) is 0 Å². The predicted molar refractivity (Wildman–Crippen MR) is 133 cm³/mol. The number of fused-ring (bicyclic) bond motifs is 1. The number of nitrogens with two attached hydrogens (primary N) is 1. The van der Waals surface area contributed by atoms with E-state index in [0.717, 1.165) is 57.3 Å². The molecule has 0 aromatic heterocycles. The number of aryl methyl sites for hydroxylation is 2. The molecule has 0 fully saturated rings. The van der Waals surface area contributed by atoms with Gasteiger partial charge in [0, 0.05) is 10.4 Å². The van der Waals surface area contributed by atoms with Crippen molar-refractivity contribution in [2.45, 2.75) is 45.6 Å². The molecule has 2 aliphatic rings. The van der Waals surface area contributed by atoms with Gasteiger partial charge in [-0.3, -0.25) is 0 Å². The number of rotatable bonds is 4. The number of nitrogens with zero attached hydrogens (tertiary/aromatic N) is 3. The first-order valence-electron chi connectivity index (χ1n) is 11.3. The fraction of sp³-hybridized carbons (Fsp3) is 0.321. The second-order valence-electron chi connectivity index (χ2n) is 8.98. The molecular weight excluding hydrogens is 488 g/mol. The van der Waals surface area contributed by atoms with Crippen molar-refractivity contribution < 1.29 is 4.74 Å². The summed E-state index contributed by atoms with van der Waals surface area (Å²) in [5.74, 6) is 0.184. The molecule has 0 bridgehead atoms. The van der Waals surface area contributed by atoms with Crippen LogP contribution in [0.1, 0.15) is 47.4 Å². The van der Waals surface area contributed by atoms with E-state index in [9.17, 15) is 15.8 Å². The van der Waals surface area contributed by atoms with Crippen LogP contribution in [0, 0.1) is 59.2 Å². The third kappa shape index (κ3) is 3.87. The lowest BCUT2D eigenvalue weighted by Crippen LogP contribution is -2.43. The maximum absolute atomic E-state index is 10.3.